The fraction of sp³-hybridized carbons (Fsp3) is 0.308. The van der Waals surface area contributed by atoms with Crippen molar-refractivity contribution in [1.82, 2.24) is 14.9 Å². The van der Waals surface area contributed by atoms with Crippen molar-refractivity contribution in [2.45, 2.75) is 24.4 Å². The van der Waals surface area contributed by atoms with Gasteiger partial charge in [-0.3, -0.25) is 0 Å². The molecule has 108 valence electrons. The summed E-state index contributed by atoms with van der Waals surface area (Å²) in [6.07, 6.45) is 5.43. The van der Waals surface area contributed by atoms with Crippen LogP contribution in [0, 0.1) is 0 Å². The number of hydrogen-bond acceptors (Lipinski definition) is 4. The molecule has 0 fully saturated rings. The van der Waals surface area contributed by atoms with Crippen LogP contribution in [-0.4, -0.2) is 24.5 Å². The molecule has 3 N–H and O–H groups in total. The molecule has 0 aliphatic heterocycles. The summed E-state index contributed by atoms with van der Waals surface area (Å²) in [6, 6.07) is 6.73. The maximum Gasteiger partial charge on any atom is 0.238 e. The van der Waals surface area contributed by atoms with Crippen LogP contribution in [0.3, 0.4) is 0 Å². The van der Waals surface area contributed by atoms with Crippen molar-refractivity contribution in [3.8, 4) is 0 Å². The number of nitrogens with two attached hydrogens (primary N) is 1. The molecule has 1 atom stereocenters. The van der Waals surface area contributed by atoms with E-state index in [2.05, 4.69) is 10.3 Å². The summed E-state index contributed by atoms with van der Waals surface area (Å²) in [6.45, 7) is 3.66. The van der Waals surface area contributed by atoms with Crippen molar-refractivity contribution < 1.29 is 8.42 Å². The van der Waals surface area contributed by atoms with E-state index in [9.17, 15) is 8.42 Å². The number of hydrogen-bond donors (Lipinski definition) is 2. The SMILES string of the molecule is CC(NCCn1ccnc1)c1ccc(S(N)(=O)=O)cc1. The van der Waals surface area contributed by atoms with Gasteiger partial charge in [0.25, 0.3) is 0 Å². The summed E-state index contributed by atoms with van der Waals surface area (Å²) in [5.74, 6) is 0. The van der Waals surface area contributed by atoms with Crippen molar-refractivity contribution in [2.75, 3.05) is 6.54 Å². The average Bonchev–Trinajstić information content (AvgIpc) is 2.91. The first-order valence-corrected chi connectivity index (χ1v) is 7.83. The van der Waals surface area contributed by atoms with Crippen molar-refractivity contribution >= 4 is 10.0 Å². The van der Waals surface area contributed by atoms with Gasteiger partial charge >= 0.3 is 0 Å². The Balaban J connectivity index is 1.90. The number of rotatable bonds is 6. The van der Waals surface area contributed by atoms with E-state index in [4.69, 9.17) is 5.14 Å². The molecule has 6 nitrogen and oxygen atoms in total. The minimum absolute atomic E-state index is 0.131. The zero-order chi connectivity index (χ0) is 14.6. The third-order valence-electron chi connectivity index (χ3n) is 3.09. The highest BCUT2D eigenvalue weighted by Crippen LogP contribution is 2.15. The highest BCUT2D eigenvalue weighted by Gasteiger charge is 2.09. The third kappa shape index (κ3) is 3.89. The summed E-state index contributed by atoms with van der Waals surface area (Å²) in [7, 11) is -3.62. The van der Waals surface area contributed by atoms with Gasteiger partial charge in [0.1, 0.15) is 0 Å². The lowest BCUT2D eigenvalue weighted by Crippen LogP contribution is -2.23. The second-order valence-electron chi connectivity index (χ2n) is 4.59. The zero-order valence-electron chi connectivity index (χ0n) is 11.2. The summed E-state index contributed by atoms with van der Waals surface area (Å²) >= 11 is 0. The lowest BCUT2D eigenvalue weighted by Gasteiger charge is -2.14. The van der Waals surface area contributed by atoms with E-state index >= 15 is 0 Å². The van der Waals surface area contributed by atoms with E-state index in [0.29, 0.717) is 0 Å². The molecule has 0 amide bonds. The summed E-state index contributed by atoms with van der Waals surface area (Å²) in [5, 5.41) is 8.43. The molecule has 0 aliphatic rings. The quantitative estimate of drug-likeness (QED) is 0.827. The number of nitrogens with zero attached hydrogens (tertiary/aromatic N) is 2. The molecule has 0 bridgehead atoms. The molecule has 1 unspecified atom stereocenters. The summed E-state index contributed by atoms with van der Waals surface area (Å²) in [5.41, 5.74) is 1.02. The smallest absolute Gasteiger partial charge is 0.238 e. The Kier molecular flexibility index (Phi) is 4.53. The molecule has 20 heavy (non-hydrogen) atoms. The van der Waals surface area contributed by atoms with E-state index in [0.717, 1.165) is 18.7 Å². The van der Waals surface area contributed by atoms with Crippen LogP contribution in [0.2, 0.25) is 0 Å². The Hall–Kier alpha value is -1.70. The monoisotopic (exact) mass is 294 g/mol. The first-order valence-electron chi connectivity index (χ1n) is 6.29. The van der Waals surface area contributed by atoms with Gasteiger partial charge in [-0.2, -0.15) is 0 Å². The molecule has 2 aromatic rings. The van der Waals surface area contributed by atoms with Gasteiger partial charge < -0.3 is 9.88 Å². The van der Waals surface area contributed by atoms with Crippen LogP contribution in [0.5, 0.6) is 0 Å². The van der Waals surface area contributed by atoms with Gasteiger partial charge in [-0.05, 0) is 24.6 Å². The number of benzene rings is 1. The van der Waals surface area contributed by atoms with Crippen molar-refractivity contribution in [3.05, 3.63) is 48.5 Å². The second-order valence-corrected chi connectivity index (χ2v) is 6.15. The maximum absolute atomic E-state index is 11.2. The summed E-state index contributed by atoms with van der Waals surface area (Å²) < 4.78 is 24.3. The highest BCUT2D eigenvalue weighted by molar-refractivity contribution is 7.89. The van der Waals surface area contributed by atoms with Crippen LogP contribution in [0.25, 0.3) is 0 Å². The average molecular weight is 294 g/mol. The van der Waals surface area contributed by atoms with Gasteiger partial charge in [-0.15, -0.1) is 0 Å². The molecule has 1 heterocycles. The maximum atomic E-state index is 11.2. The van der Waals surface area contributed by atoms with Crippen LogP contribution in [-0.2, 0) is 16.6 Å². The predicted molar refractivity (Wildman–Crippen MR) is 76.5 cm³/mol. The van der Waals surface area contributed by atoms with E-state index in [1.807, 2.05) is 17.7 Å². The number of nitrogens with one attached hydrogen (secondary N) is 1. The van der Waals surface area contributed by atoms with Gasteiger partial charge in [-0.25, -0.2) is 18.5 Å². The largest absolute Gasteiger partial charge is 0.336 e. The fourth-order valence-corrected chi connectivity index (χ4v) is 2.41. The van der Waals surface area contributed by atoms with E-state index < -0.39 is 10.0 Å². The lowest BCUT2D eigenvalue weighted by molar-refractivity contribution is 0.530. The van der Waals surface area contributed by atoms with Gasteiger partial charge in [0.2, 0.25) is 10.0 Å². The Bertz CT molecular complexity index is 636. The Morgan fingerprint density at radius 2 is 2.05 bits per heavy atom. The van der Waals surface area contributed by atoms with E-state index in [1.54, 1.807) is 24.7 Å². The molecule has 1 aromatic carbocycles. The molecule has 7 heteroatoms. The molecule has 2 rings (SSSR count). The van der Waals surface area contributed by atoms with Crippen molar-refractivity contribution in [3.63, 3.8) is 0 Å². The Labute approximate surface area is 118 Å². The minimum Gasteiger partial charge on any atom is -0.336 e. The Morgan fingerprint density at radius 1 is 1.35 bits per heavy atom. The molecule has 0 radical (unpaired) electrons. The topological polar surface area (TPSA) is 90.0 Å². The molecular formula is C13H18N4O2S. The number of imidazole rings is 1. The number of sulfonamides is 1. The van der Waals surface area contributed by atoms with Gasteiger partial charge in [0.15, 0.2) is 0 Å². The van der Waals surface area contributed by atoms with Crippen LogP contribution in [0.15, 0.2) is 47.9 Å². The fourth-order valence-electron chi connectivity index (χ4n) is 1.89. The summed E-state index contributed by atoms with van der Waals surface area (Å²) in [4.78, 5) is 4.11. The van der Waals surface area contributed by atoms with Gasteiger partial charge in [0.05, 0.1) is 11.2 Å². The molecule has 0 saturated heterocycles. The van der Waals surface area contributed by atoms with Crippen LogP contribution >= 0.6 is 0 Å². The van der Waals surface area contributed by atoms with Crippen LogP contribution in [0.1, 0.15) is 18.5 Å². The lowest BCUT2D eigenvalue weighted by atomic mass is 10.1. The second kappa shape index (κ2) is 6.17. The first kappa shape index (κ1) is 14.7. The minimum atomic E-state index is -3.62. The van der Waals surface area contributed by atoms with Crippen molar-refractivity contribution in [2.24, 2.45) is 5.14 Å². The van der Waals surface area contributed by atoms with E-state index in [1.165, 1.54) is 12.1 Å². The first-order chi connectivity index (χ1) is 9.47. The van der Waals surface area contributed by atoms with Crippen LogP contribution in [0.4, 0.5) is 0 Å². The van der Waals surface area contributed by atoms with Gasteiger partial charge in [-0.1, -0.05) is 12.1 Å². The molecule has 0 spiro atoms. The Morgan fingerprint density at radius 3 is 2.60 bits per heavy atom. The highest BCUT2D eigenvalue weighted by atomic mass is 32.2. The molecule has 0 aliphatic carbocycles. The molecular weight excluding hydrogens is 276 g/mol. The number of primary sulfonamides is 1. The third-order valence-corrected chi connectivity index (χ3v) is 4.02. The predicted octanol–water partition coefficient (Wildman–Crippen LogP) is 0.881. The molecule has 0 saturated carbocycles. The standard InChI is InChI=1S/C13H18N4O2S/c1-11(16-7-9-17-8-6-15-10-17)12-2-4-13(5-3-12)20(14,18)19/h2-6,8,10-11,16H,7,9H2,1H3,(H2,14,18,19). The van der Waals surface area contributed by atoms with E-state index in [-0.39, 0.29) is 10.9 Å². The normalized spacial score (nSPS) is 13.3. The van der Waals surface area contributed by atoms with Gasteiger partial charge in [0, 0.05) is 31.5 Å². The molecule has 1 aromatic heterocycles. The van der Waals surface area contributed by atoms with Crippen LogP contribution < -0.4 is 10.5 Å². The van der Waals surface area contributed by atoms with Crippen molar-refractivity contribution in [1.29, 1.82) is 0 Å². The zero-order valence-corrected chi connectivity index (χ0v) is 12.0. The number of aromatic nitrogens is 2.